The van der Waals surface area contributed by atoms with Crippen molar-refractivity contribution in [3.8, 4) is 0 Å². The number of halogens is 2. The van der Waals surface area contributed by atoms with Crippen LogP contribution in [0.3, 0.4) is 0 Å². The molecule has 0 fully saturated rings. The number of nitrogens with one attached hydrogen (secondary N) is 1. The Hall–Kier alpha value is -1.55. The first kappa shape index (κ1) is 12.9. The van der Waals surface area contributed by atoms with E-state index in [1.165, 1.54) is 17.0 Å². The van der Waals surface area contributed by atoms with E-state index in [0.717, 1.165) is 11.6 Å². The van der Waals surface area contributed by atoms with E-state index in [1.807, 2.05) is 30.5 Å². The van der Waals surface area contributed by atoms with Crippen LogP contribution in [0.25, 0.3) is 0 Å². The molecule has 0 aliphatic heterocycles. The Labute approximate surface area is 109 Å². The molecule has 0 saturated carbocycles. The third-order valence-corrected chi connectivity index (χ3v) is 3.34. The highest BCUT2D eigenvalue weighted by Crippen LogP contribution is 2.19. The maximum atomic E-state index is 13.4. The van der Waals surface area contributed by atoms with Crippen molar-refractivity contribution in [1.82, 2.24) is 0 Å². The van der Waals surface area contributed by atoms with Gasteiger partial charge < -0.3 is 5.32 Å². The minimum atomic E-state index is -0.835. The molecule has 2 rings (SSSR count). The lowest BCUT2D eigenvalue weighted by Gasteiger charge is -2.08. The number of hydrogen-bond donors (Lipinski definition) is 1. The van der Waals surface area contributed by atoms with Gasteiger partial charge in [-0.15, -0.1) is 11.8 Å². The van der Waals surface area contributed by atoms with Gasteiger partial charge in [0.15, 0.2) is 11.6 Å². The van der Waals surface area contributed by atoms with Crippen LogP contribution in [0.2, 0.25) is 0 Å². The topological polar surface area (TPSA) is 12.0 Å². The number of anilines is 1. The van der Waals surface area contributed by atoms with Crippen LogP contribution in [0.15, 0.2) is 47.4 Å². The van der Waals surface area contributed by atoms with E-state index in [2.05, 4.69) is 5.32 Å². The van der Waals surface area contributed by atoms with Crippen LogP contribution >= 0.6 is 11.8 Å². The Balaban J connectivity index is 2.04. The van der Waals surface area contributed by atoms with E-state index >= 15 is 0 Å². The van der Waals surface area contributed by atoms with Gasteiger partial charge in [-0.05, 0) is 36.1 Å². The summed E-state index contributed by atoms with van der Waals surface area (Å²) in [5.41, 5.74) is 1.21. The molecule has 0 amide bonds. The van der Waals surface area contributed by atoms with Crippen LogP contribution in [-0.4, -0.2) is 6.26 Å². The highest BCUT2D eigenvalue weighted by atomic mass is 32.2. The van der Waals surface area contributed by atoms with E-state index in [-0.39, 0.29) is 5.69 Å². The first-order chi connectivity index (χ1) is 8.70. The fourth-order valence-electron chi connectivity index (χ4n) is 1.58. The molecule has 0 aliphatic carbocycles. The molecule has 0 spiro atoms. The second-order valence-electron chi connectivity index (χ2n) is 3.80. The number of thioether (sulfide) groups is 1. The van der Waals surface area contributed by atoms with E-state index in [0.29, 0.717) is 6.54 Å². The molecular weight excluding hydrogens is 252 g/mol. The van der Waals surface area contributed by atoms with Crippen LogP contribution in [0.1, 0.15) is 5.56 Å². The molecule has 4 heteroatoms. The molecule has 18 heavy (non-hydrogen) atoms. The lowest BCUT2D eigenvalue weighted by molar-refractivity contribution is 0.511. The SMILES string of the molecule is CSc1ccc(CNc2cccc(F)c2F)cc1. The molecular formula is C14H13F2NS. The molecule has 0 saturated heterocycles. The zero-order chi connectivity index (χ0) is 13.0. The maximum Gasteiger partial charge on any atom is 0.181 e. The fourth-order valence-corrected chi connectivity index (χ4v) is 1.99. The Kier molecular flexibility index (Phi) is 4.20. The zero-order valence-electron chi connectivity index (χ0n) is 9.91. The summed E-state index contributed by atoms with van der Waals surface area (Å²) < 4.78 is 26.4. The van der Waals surface area contributed by atoms with E-state index in [9.17, 15) is 8.78 Å². The van der Waals surface area contributed by atoms with Gasteiger partial charge in [-0.1, -0.05) is 18.2 Å². The van der Waals surface area contributed by atoms with Gasteiger partial charge in [-0.2, -0.15) is 0 Å². The lowest BCUT2D eigenvalue weighted by atomic mass is 10.2. The van der Waals surface area contributed by atoms with Gasteiger partial charge in [0.05, 0.1) is 5.69 Å². The van der Waals surface area contributed by atoms with E-state index in [4.69, 9.17) is 0 Å². The van der Waals surface area contributed by atoms with Crippen LogP contribution in [0.4, 0.5) is 14.5 Å². The largest absolute Gasteiger partial charge is 0.379 e. The Bertz CT molecular complexity index is 526. The zero-order valence-corrected chi connectivity index (χ0v) is 10.7. The van der Waals surface area contributed by atoms with Gasteiger partial charge in [0.2, 0.25) is 0 Å². The van der Waals surface area contributed by atoms with Crippen LogP contribution < -0.4 is 5.32 Å². The average molecular weight is 265 g/mol. The molecule has 0 heterocycles. The van der Waals surface area contributed by atoms with Crippen molar-refractivity contribution in [3.05, 3.63) is 59.7 Å². The maximum absolute atomic E-state index is 13.4. The predicted octanol–water partition coefficient (Wildman–Crippen LogP) is 4.30. The average Bonchev–Trinajstić information content (AvgIpc) is 2.41. The molecule has 2 aromatic carbocycles. The van der Waals surface area contributed by atoms with Crippen LogP contribution in [0.5, 0.6) is 0 Å². The Morgan fingerprint density at radius 1 is 1.06 bits per heavy atom. The summed E-state index contributed by atoms with van der Waals surface area (Å²) in [4.78, 5) is 1.18. The Morgan fingerprint density at radius 3 is 2.44 bits per heavy atom. The van der Waals surface area contributed by atoms with Crippen molar-refractivity contribution < 1.29 is 8.78 Å². The molecule has 0 bridgehead atoms. The first-order valence-electron chi connectivity index (χ1n) is 5.51. The second kappa shape index (κ2) is 5.87. The number of benzene rings is 2. The molecule has 0 atom stereocenters. The van der Waals surface area contributed by atoms with Crippen LogP contribution in [0, 0.1) is 11.6 Å². The fraction of sp³-hybridized carbons (Fsp3) is 0.143. The van der Waals surface area contributed by atoms with E-state index < -0.39 is 11.6 Å². The standard InChI is InChI=1S/C14H13F2NS/c1-18-11-7-5-10(6-8-11)9-17-13-4-2-3-12(15)14(13)16/h2-8,17H,9H2,1H3. The first-order valence-corrected chi connectivity index (χ1v) is 6.74. The summed E-state index contributed by atoms with van der Waals surface area (Å²) in [5.74, 6) is -1.67. The number of hydrogen-bond acceptors (Lipinski definition) is 2. The normalized spacial score (nSPS) is 10.4. The molecule has 94 valence electrons. The van der Waals surface area contributed by atoms with Gasteiger partial charge in [0, 0.05) is 11.4 Å². The number of rotatable bonds is 4. The summed E-state index contributed by atoms with van der Waals surface area (Å²) in [6.07, 6.45) is 2.01. The van der Waals surface area contributed by atoms with Gasteiger partial charge in [0.1, 0.15) is 0 Å². The quantitative estimate of drug-likeness (QED) is 0.827. The third-order valence-electron chi connectivity index (χ3n) is 2.59. The minimum Gasteiger partial charge on any atom is -0.379 e. The Morgan fingerprint density at radius 2 is 1.78 bits per heavy atom. The van der Waals surface area contributed by atoms with Crippen LogP contribution in [-0.2, 0) is 6.54 Å². The molecule has 1 nitrogen and oxygen atoms in total. The molecule has 2 aromatic rings. The van der Waals surface area contributed by atoms with Gasteiger partial charge in [-0.25, -0.2) is 8.78 Å². The molecule has 0 radical (unpaired) electrons. The minimum absolute atomic E-state index is 0.184. The third kappa shape index (κ3) is 3.01. The van der Waals surface area contributed by atoms with E-state index in [1.54, 1.807) is 11.8 Å². The molecule has 0 aliphatic rings. The summed E-state index contributed by atoms with van der Waals surface area (Å²) in [7, 11) is 0. The second-order valence-corrected chi connectivity index (χ2v) is 4.68. The van der Waals surface area contributed by atoms with Crippen molar-refractivity contribution in [2.45, 2.75) is 11.4 Å². The van der Waals surface area contributed by atoms with Crippen molar-refractivity contribution in [3.63, 3.8) is 0 Å². The smallest absolute Gasteiger partial charge is 0.181 e. The molecule has 0 unspecified atom stereocenters. The van der Waals surface area contributed by atoms with Gasteiger partial charge in [-0.3, -0.25) is 0 Å². The predicted molar refractivity (Wildman–Crippen MR) is 71.9 cm³/mol. The van der Waals surface area contributed by atoms with Crippen molar-refractivity contribution in [2.75, 3.05) is 11.6 Å². The monoisotopic (exact) mass is 265 g/mol. The molecule has 1 N–H and O–H groups in total. The molecule has 0 aromatic heterocycles. The summed E-state index contributed by atoms with van der Waals surface area (Å²) >= 11 is 1.67. The van der Waals surface area contributed by atoms with Crippen molar-refractivity contribution in [2.24, 2.45) is 0 Å². The van der Waals surface area contributed by atoms with Gasteiger partial charge in [0.25, 0.3) is 0 Å². The lowest BCUT2D eigenvalue weighted by Crippen LogP contribution is -2.02. The highest BCUT2D eigenvalue weighted by molar-refractivity contribution is 7.98. The van der Waals surface area contributed by atoms with Crippen molar-refractivity contribution in [1.29, 1.82) is 0 Å². The van der Waals surface area contributed by atoms with Gasteiger partial charge >= 0.3 is 0 Å². The summed E-state index contributed by atoms with van der Waals surface area (Å²) in [6.45, 7) is 0.467. The highest BCUT2D eigenvalue weighted by Gasteiger charge is 2.06. The summed E-state index contributed by atoms with van der Waals surface area (Å²) in [5, 5.41) is 2.89. The summed E-state index contributed by atoms with van der Waals surface area (Å²) in [6, 6.07) is 12.1. The van der Waals surface area contributed by atoms with Crippen molar-refractivity contribution >= 4 is 17.4 Å².